The first-order chi connectivity index (χ1) is 46.6. The molecule has 516 valence electrons. The molecule has 0 aromatic heterocycles. The number of carbonyl (C=O) groups excluding carboxylic acids is 3. The maximum absolute atomic E-state index is 13.5. The zero-order valence-electron chi connectivity index (χ0n) is 53.8. The van der Waals surface area contributed by atoms with E-state index in [1.165, 1.54) is 53.4 Å². The van der Waals surface area contributed by atoms with Gasteiger partial charge < -0.3 is 30.2 Å². The van der Waals surface area contributed by atoms with Gasteiger partial charge in [-0.15, -0.1) is 0 Å². The molecular formula is C69H73F2N9O15S3. The summed E-state index contributed by atoms with van der Waals surface area (Å²) in [6.07, 6.45) is 3.06. The number of hydroxylamine groups is 3. The minimum absolute atomic E-state index is 0.238. The molecule has 0 heterocycles. The number of hydrogen-bond donors (Lipinski definition) is 9. The summed E-state index contributed by atoms with van der Waals surface area (Å²) >= 11 is 0. The van der Waals surface area contributed by atoms with E-state index in [9.17, 15) is 48.4 Å². The number of para-hydroxylation sites is 1. The van der Waals surface area contributed by atoms with Gasteiger partial charge in [0.2, 0.25) is 30.1 Å². The fourth-order valence-corrected chi connectivity index (χ4v) is 11.9. The van der Waals surface area contributed by atoms with E-state index < -0.39 is 77.6 Å². The molecule has 0 aliphatic rings. The highest BCUT2D eigenvalue weighted by atomic mass is 32.2. The number of benzene rings is 9. The van der Waals surface area contributed by atoms with E-state index in [0.29, 0.717) is 57.2 Å². The molecule has 0 radical (unpaired) electrons. The van der Waals surface area contributed by atoms with Gasteiger partial charge in [0, 0.05) is 17.1 Å². The van der Waals surface area contributed by atoms with Crippen molar-refractivity contribution in [1.29, 1.82) is 0 Å². The van der Waals surface area contributed by atoms with Crippen molar-refractivity contribution in [1.82, 2.24) is 16.4 Å². The lowest BCUT2D eigenvalue weighted by Crippen LogP contribution is -2.48. The first-order valence-corrected chi connectivity index (χ1v) is 35.3. The second-order valence-electron chi connectivity index (χ2n) is 22.0. The van der Waals surface area contributed by atoms with Crippen molar-refractivity contribution in [3.8, 4) is 34.5 Å². The number of nitrogens with zero attached hydrogens (tertiary/aromatic N) is 3. The molecule has 9 aromatic rings. The Labute approximate surface area is 567 Å². The summed E-state index contributed by atoms with van der Waals surface area (Å²) in [6, 6.07) is 57.6. The van der Waals surface area contributed by atoms with Gasteiger partial charge in [-0.05, 0) is 185 Å². The molecule has 0 aliphatic heterocycles. The average molecular weight is 1400 g/mol. The number of nitrogens with one attached hydrogen (secondary N) is 6. The van der Waals surface area contributed by atoms with Crippen molar-refractivity contribution in [2.45, 2.75) is 38.9 Å². The molecule has 98 heavy (non-hydrogen) atoms. The van der Waals surface area contributed by atoms with Gasteiger partial charge in [-0.25, -0.2) is 50.5 Å². The van der Waals surface area contributed by atoms with Crippen molar-refractivity contribution < 1.29 is 78.3 Å². The summed E-state index contributed by atoms with van der Waals surface area (Å²) < 4.78 is 122. The van der Waals surface area contributed by atoms with Crippen LogP contribution in [0.15, 0.2) is 224 Å². The van der Waals surface area contributed by atoms with E-state index in [-0.39, 0.29) is 31.0 Å². The van der Waals surface area contributed by atoms with Gasteiger partial charge in [0.1, 0.15) is 64.3 Å². The number of anilines is 6. The average Bonchev–Trinajstić information content (AvgIpc) is 0.849. The SMILES string of the molecule is Cc1ccc(Oc2ccc(N(CC(Nc3ccc(F)cc3)C(=O)NO)S(C)(=O)=O)cc2)cc1.Cc1ccc(Oc2ccc(N(CC(Nc3cccc(F)c3)C(=O)NO)S(C)(=O)=O)cc2)cc1.Cc1ccc(Oc2ccc(N(CC(Nc3ccccc3)C(=O)NO)S(C)(=O)=O)cc2)cc1. The Morgan fingerprint density at radius 2 is 0.622 bits per heavy atom. The van der Waals surface area contributed by atoms with E-state index in [2.05, 4.69) is 16.0 Å². The normalized spacial score (nSPS) is 12.0. The lowest BCUT2D eigenvalue weighted by molar-refractivity contribution is -0.130. The van der Waals surface area contributed by atoms with Crippen LogP contribution in [-0.2, 0) is 44.5 Å². The predicted octanol–water partition coefficient (Wildman–Crippen LogP) is 10.9. The Bertz CT molecular complexity index is 4430. The van der Waals surface area contributed by atoms with E-state index in [4.69, 9.17) is 29.8 Å². The van der Waals surface area contributed by atoms with Crippen molar-refractivity contribution >= 4 is 81.9 Å². The standard InChI is InChI=1S/2C23H24FN3O5S.C23H25N3O5S/c1-16-3-11-20(12-4-16)32-21-13-9-19(10-14-21)27(33(2,30)31)15-22(23(28)26-29)25-18-7-5-17(24)6-8-18;1-16-6-10-20(11-7-16)32-21-12-8-19(9-13-21)27(33(2,30)31)15-22(23(28)26-29)25-18-5-3-4-17(24)14-18;1-17-8-12-20(13-9-17)31-21-14-10-19(11-15-21)26(32(2,29)30)16-22(23(27)25-28)24-18-6-4-3-5-7-18/h2*3-14,22,25,29H,15H2,1-2H3,(H,26,28);3-15,22,24,28H,16H2,1-2H3,(H,25,27). The number of aryl methyl sites for hydroxylation is 3. The lowest BCUT2D eigenvalue weighted by Gasteiger charge is -2.27. The van der Waals surface area contributed by atoms with Gasteiger partial charge in [0.15, 0.2) is 0 Å². The summed E-state index contributed by atoms with van der Waals surface area (Å²) in [7, 11) is -11.3. The number of halogens is 2. The number of ether oxygens (including phenoxy) is 3. The number of amides is 3. The molecule has 0 spiro atoms. The third kappa shape index (κ3) is 23.2. The number of rotatable bonds is 27. The molecule has 3 unspecified atom stereocenters. The Kier molecular flexibility index (Phi) is 26.4. The molecule has 3 atom stereocenters. The van der Waals surface area contributed by atoms with Crippen LogP contribution in [0, 0.1) is 32.4 Å². The fraction of sp³-hybridized carbons (Fsp3) is 0.174. The molecule has 9 aromatic carbocycles. The summed E-state index contributed by atoms with van der Waals surface area (Å²) in [4.78, 5) is 36.7. The Hall–Kier alpha value is -10.8. The molecule has 0 saturated carbocycles. The zero-order valence-corrected chi connectivity index (χ0v) is 56.2. The van der Waals surface area contributed by atoms with Gasteiger partial charge >= 0.3 is 0 Å². The molecule has 24 nitrogen and oxygen atoms in total. The fourth-order valence-electron chi connectivity index (χ4n) is 9.14. The summed E-state index contributed by atoms with van der Waals surface area (Å²) in [5, 5.41) is 35.9. The predicted molar refractivity (Wildman–Crippen MR) is 371 cm³/mol. The molecule has 9 rings (SSSR count). The minimum atomic E-state index is -3.81. The Balaban J connectivity index is 0.000000207. The van der Waals surface area contributed by atoms with E-state index in [0.717, 1.165) is 54.4 Å². The van der Waals surface area contributed by atoms with Crippen LogP contribution in [-0.4, -0.2) is 115 Å². The topological polar surface area (TPSA) is 324 Å². The van der Waals surface area contributed by atoms with Gasteiger partial charge in [0.25, 0.3) is 17.7 Å². The largest absolute Gasteiger partial charge is 0.457 e. The smallest absolute Gasteiger partial charge is 0.267 e. The van der Waals surface area contributed by atoms with Crippen LogP contribution in [0.1, 0.15) is 16.7 Å². The van der Waals surface area contributed by atoms with Gasteiger partial charge in [-0.1, -0.05) is 77.4 Å². The molecular weight excluding hydrogens is 1330 g/mol. The molecule has 9 N–H and O–H groups in total. The highest BCUT2D eigenvalue weighted by Gasteiger charge is 2.30. The van der Waals surface area contributed by atoms with E-state index in [1.807, 2.05) is 99.6 Å². The first-order valence-electron chi connectivity index (χ1n) is 29.7. The van der Waals surface area contributed by atoms with Crippen molar-refractivity contribution in [2.24, 2.45) is 0 Å². The zero-order chi connectivity index (χ0) is 71.2. The van der Waals surface area contributed by atoms with Crippen molar-refractivity contribution in [3.63, 3.8) is 0 Å². The second-order valence-corrected chi connectivity index (χ2v) is 27.7. The highest BCUT2D eigenvalue weighted by Crippen LogP contribution is 2.31. The molecule has 3 amide bonds. The molecule has 29 heteroatoms. The summed E-state index contributed by atoms with van der Waals surface area (Å²) in [5.74, 6) is -0.0243. The third-order valence-corrected chi connectivity index (χ3v) is 17.6. The van der Waals surface area contributed by atoms with Crippen LogP contribution in [0.5, 0.6) is 34.5 Å². The van der Waals surface area contributed by atoms with E-state index in [1.54, 1.807) is 103 Å². The maximum atomic E-state index is 13.5. The molecule has 0 bridgehead atoms. The Morgan fingerprint density at radius 3 is 0.898 bits per heavy atom. The molecule has 0 fully saturated rings. The summed E-state index contributed by atoms with van der Waals surface area (Å²) in [5.41, 5.74) is 10.1. The first kappa shape index (κ1) is 74.6. The van der Waals surface area contributed by atoms with E-state index >= 15 is 0 Å². The van der Waals surface area contributed by atoms with Gasteiger partial charge in [0.05, 0.1) is 55.5 Å². The van der Waals surface area contributed by atoms with Crippen LogP contribution >= 0.6 is 0 Å². The molecule has 0 saturated heterocycles. The third-order valence-electron chi connectivity index (χ3n) is 14.1. The Morgan fingerprint density at radius 1 is 0.357 bits per heavy atom. The molecule has 0 aliphatic carbocycles. The minimum Gasteiger partial charge on any atom is -0.457 e. The van der Waals surface area contributed by atoms with Crippen molar-refractivity contribution in [2.75, 3.05) is 67.3 Å². The number of hydrogen-bond acceptors (Lipinski definition) is 18. The van der Waals surface area contributed by atoms with Crippen LogP contribution in [0.25, 0.3) is 0 Å². The second kappa shape index (κ2) is 34.7. The van der Waals surface area contributed by atoms with Crippen LogP contribution in [0.4, 0.5) is 42.9 Å². The highest BCUT2D eigenvalue weighted by molar-refractivity contribution is 7.92. The van der Waals surface area contributed by atoms with Crippen LogP contribution < -0.4 is 59.5 Å². The summed E-state index contributed by atoms with van der Waals surface area (Å²) in [6.45, 7) is 4.98. The number of sulfonamides is 3. The van der Waals surface area contributed by atoms with Crippen LogP contribution in [0.3, 0.4) is 0 Å². The maximum Gasteiger partial charge on any atom is 0.267 e. The van der Waals surface area contributed by atoms with Gasteiger partial charge in [-0.3, -0.25) is 42.9 Å². The van der Waals surface area contributed by atoms with Gasteiger partial charge in [-0.2, -0.15) is 0 Å². The quantitative estimate of drug-likeness (QED) is 0.0171. The lowest BCUT2D eigenvalue weighted by atomic mass is 10.2. The van der Waals surface area contributed by atoms with Crippen molar-refractivity contribution in [3.05, 3.63) is 253 Å². The monoisotopic (exact) mass is 1400 g/mol. The van der Waals surface area contributed by atoms with Crippen LogP contribution in [0.2, 0.25) is 0 Å². The number of carbonyl (C=O) groups is 3.